The summed E-state index contributed by atoms with van der Waals surface area (Å²) in [6.45, 7) is 0.948. The fourth-order valence-corrected chi connectivity index (χ4v) is 4.50. The number of benzene rings is 3. The third-order valence-electron chi connectivity index (χ3n) is 4.92. The van der Waals surface area contributed by atoms with E-state index in [2.05, 4.69) is 0 Å². The van der Waals surface area contributed by atoms with E-state index in [9.17, 15) is 14.9 Å². The van der Waals surface area contributed by atoms with E-state index in [0.29, 0.717) is 27.3 Å². The number of rotatable bonds is 9. The van der Waals surface area contributed by atoms with Crippen LogP contribution in [0.2, 0.25) is 0 Å². The molecule has 4 rings (SSSR count). The molecule has 7 nitrogen and oxygen atoms in total. The van der Waals surface area contributed by atoms with Crippen LogP contribution in [0.15, 0.2) is 83.8 Å². The SMILES string of the molecule is O=C1C(=Cc2ccccc2OCCOc2ccc([N+](=O)[O-])cc2)SC(=S)N1Cc1ccccc1. The van der Waals surface area contributed by atoms with E-state index in [1.165, 1.54) is 23.9 Å². The summed E-state index contributed by atoms with van der Waals surface area (Å²) in [7, 11) is 0. The monoisotopic (exact) mass is 492 g/mol. The summed E-state index contributed by atoms with van der Waals surface area (Å²) in [6.07, 6.45) is 1.79. The van der Waals surface area contributed by atoms with E-state index < -0.39 is 4.92 Å². The molecule has 1 fully saturated rings. The third-order valence-corrected chi connectivity index (χ3v) is 6.30. The Kier molecular flexibility index (Phi) is 7.56. The lowest BCUT2D eigenvalue weighted by Crippen LogP contribution is -2.27. The maximum absolute atomic E-state index is 13.0. The van der Waals surface area contributed by atoms with Crippen molar-refractivity contribution in [2.75, 3.05) is 13.2 Å². The van der Waals surface area contributed by atoms with Gasteiger partial charge in [-0.1, -0.05) is 72.5 Å². The van der Waals surface area contributed by atoms with Gasteiger partial charge in [0.1, 0.15) is 29.0 Å². The molecule has 0 unspecified atom stereocenters. The molecule has 3 aromatic rings. The van der Waals surface area contributed by atoms with Crippen LogP contribution in [0, 0.1) is 10.1 Å². The van der Waals surface area contributed by atoms with Gasteiger partial charge in [-0.25, -0.2) is 0 Å². The zero-order chi connectivity index (χ0) is 23.9. The molecule has 0 radical (unpaired) electrons. The highest BCUT2D eigenvalue weighted by Gasteiger charge is 2.32. The number of hydrogen-bond acceptors (Lipinski definition) is 7. The van der Waals surface area contributed by atoms with Crippen molar-refractivity contribution >= 4 is 46.0 Å². The zero-order valence-corrected chi connectivity index (χ0v) is 19.6. The van der Waals surface area contributed by atoms with Crippen molar-refractivity contribution in [3.63, 3.8) is 0 Å². The van der Waals surface area contributed by atoms with Crippen molar-refractivity contribution < 1.29 is 19.2 Å². The summed E-state index contributed by atoms with van der Waals surface area (Å²) in [6, 6.07) is 23.0. The number of thioether (sulfide) groups is 1. The number of thiocarbonyl (C=S) groups is 1. The minimum absolute atomic E-state index is 0.00621. The predicted molar refractivity (Wildman–Crippen MR) is 136 cm³/mol. The van der Waals surface area contributed by atoms with E-state index in [0.717, 1.165) is 11.1 Å². The molecule has 0 spiro atoms. The molecule has 1 saturated heterocycles. The van der Waals surface area contributed by atoms with E-state index >= 15 is 0 Å². The molecule has 0 bridgehead atoms. The number of ether oxygens (including phenoxy) is 2. The minimum atomic E-state index is -0.459. The van der Waals surface area contributed by atoms with Gasteiger partial charge in [0.25, 0.3) is 11.6 Å². The zero-order valence-electron chi connectivity index (χ0n) is 18.0. The quantitative estimate of drug-likeness (QED) is 0.129. The molecule has 0 aromatic heterocycles. The molecular formula is C25H20N2O5S2. The Morgan fingerprint density at radius 3 is 2.35 bits per heavy atom. The smallest absolute Gasteiger partial charge is 0.269 e. The molecule has 1 heterocycles. The van der Waals surface area contributed by atoms with Crippen molar-refractivity contribution in [2.45, 2.75) is 6.54 Å². The lowest BCUT2D eigenvalue weighted by Gasteiger charge is -2.14. The average Bonchev–Trinajstić information content (AvgIpc) is 3.11. The number of nitro benzene ring substituents is 1. The first-order valence-electron chi connectivity index (χ1n) is 10.4. The fourth-order valence-electron chi connectivity index (χ4n) is 3.25. The molecule has 1 aliphatic rings. The Hall–Kier alpha value is -3.69. The van der Waals surface area contributed by atoms with Gasteiger partial charge in [0, 0.05) is 17.7 Å². The minimum Gasteiger partial charge on any atom is -0.490 e. The molecule has 9 heteroatoms. The van der Waals surface area contributed by atoms with Crippen molar-refractivity contribution in [1.29, 1.82) is 0 Å². The van der Waals surface area contributed by atoms with Gasteiger partial charge in [0.2, 0.25) is 0 Å². The van der Waals surface area contributed by atoms with Crippen LogP contribution < -0.4 is 9.47 Å². The summed E-state index contributed by atoms with van der Waals surface area (Å²) >= 11 is 6.71. The topological polar surface area (TPSA) is 81.9 Å². The van der Waals surface area contributed by atoms with Crippen LogP contribution in [-0.2, 0) is 11.3 Å². The first kappa shape index (κ1) is 23.5. The van der Waals surface area contributed by atoms with Crippen LogP contribution in [0.4, 0.5) is 5.69 Å². The first-order chi connectivity index (χ1) is 16.5. The van der Waals surface area contributed by atoms with E-state index in [4.69, 9.17) is 21.7 Å². The van der Waals surface area contributed by atoms with Crippen molar-refractivity contribution in [2.24, 2.45) is 0 Å². The molecule has 172 valence electrons. The average molecular weight is 493 g/mol. The van der Waals surface area contributed by atoms with Crippen LogP contribution in [0.5, 0.6) is 11.5 Å². The van der Waals surface area contributed by atoms with Gasteiger partial charge in [-0.3, -0.25) is 19.8 Å². The molecule has 0 N–H and O–H groups in total. The maximum Gasteiger partial charge on any atom is 0.269 e. The van der Waals surface area contributed by atoms with Crippen molar-refractivity contribution in [1.82, 2.24) is 4.90 Å². The summed E-state index contributed by atoms with van der Waals surface area (Å²) in [5, 5.41) is 10.7. The number of hydrogen-bond donors (Lipinski definition) is 0. The molecule has 0 aliphatic carbocycles. The molecular weight excluding hydrogens is 472 g/mol. The highest BCUT2D eigenvalue weighted by molar-refractivity contribution is 8.26. The van der Waals surface area contributed by atoms with Gasteiger partial charge in [-0.05, 0) is 29.8 Å². The Balaban J connectivity index is 1.37. The van der Waals surface area contributed by atoms with Crippen LogP contribution in [0.3, 0.4) is 0 Å². The number of nitro groups is 1. The van der Waals surface area contributed by atoms with Crippen LogP contribution >= 0.6 is 24.0 Å². The van der Waals surface area contributed by atoms with Gasteiger partial charge in [-0.15, -0.1) is 0 Å². The lowest BCUT2D eigenvalue weighted by molar-refractivity contribution is -0.384. The predicted octanol–water partition coefficient (Wildman–Crippen LogP) is 5.45. The van der Waals surface area contributed by atoms with E-state index in [-0.39, 0.29) is 24.8 Å². The van der Waals surface area contributed by atoms with Gasteiger partial charge >= 0.3 is 0 Å². The van der Waals surface area contributed by atoms with Crippen LogP contribution in [-0.4, -0.2) is 33.3 Å². The summed E-state index contributed by atoms with van der Waals surface area (Å²) in [4.78, 5) is 25.4. The number of para-hydroxylation sites is 1. The highest BCUT2D eigenvalue weighted by Crippen LogP contribution is 2.35. The number of carbonyl (C=O) groups is 1. The molecule has 34 heavy (non-hydrogen) atoms. The summed E-state index contributed by atoms with van der Waals surface area (Å²) in [5.74, 6) is 1.00. The number of amides is 1. The molecule has 0 atom stereocenters. The Morgan fingerprint density at radius 2 is 1.62 bits per heavy atom. The second-order valence-corrected chi connectivity index (χ2v) is 8.91. The number of carbonyl (C=O) groups excluding carboxylic acids is 1. The first-order valence-corrected chi connectivity index (χ1v) is 11.6. The van der Waals surface area contributed by atoms with Crippen LogP contribution in [0.25, 0.3) is 6.08 Å². The third kappa shape index (κ3) is 5.81. The van der Waals surface area contributed by atoms with Crippen LogP contribution in [0.1, 0.15) is 11.1 Å². The van der Waals surface area contributed by atoms with Gasteiger partial charge in [0.05, 0.1) is 16.4 Å². The Labute approximate surface area is 206 Å². The van der Waals surface area contributed by atoms with Crippen molar-refractivity contribution in [3.8, 4) is 11.5 Å². The second-order valence-electron chi connectivity index (χ2n) is 7.24. The van der Waals surface area contributed by atoms with Crippen molar-refractivity contribution in [3.05, 3.63) is 105 Å². The second kappa shape index (κ2) is 11.0. The van der Waals surface area contributed by atoms with Gasteiger partial charge in [-0.2, -0.15) is 0 Å². The normalized spacial score (nSPS) is 14.5. The van der Waals surface area contributed by atoms with E-state index in [1.54, 1.807) is 23.1 Å². The van der Waals surface area contributed by atoms with Gasteiger partial charge in [0.15, 0.2) is 0 Å². The molecule has 0 saturated carbocycles. The largest absolute Gasteiger partial charge is 0.490 e. The molecule has 1 amide bonds. The summed E-state index contributed by atoms with van der Waals surface area (Å²) in [5.41, 5.74) is 1.78. The van der Waals surface area contributed by atoms with E-state index in [1.807, 2.05) is 54.6 Å². The molecule has 1 aliphatic heterocycles. The lowest BCUT2D eigenvalue weighted by atomic mass is 10.1. The maximum atomic E-state index is 13.0. The Bertz CT molecular complexity index is 1230. The summed E-state index contributed by atoms with van der Waals surface area (Å²) < 4.78 is 12.0. The highest BCUT2D eigenvalue weighted by atomic mass is 32.2. The Morgan fingerprint density at radius 1 is 0.941 bits per heavy atom. The van der Waals surface area contributed by atoms with Gasteiger partial charge < -0.3 is 9.47 Å². The molecule has 3 aromatic carbocycles. The fraction of sp³-hybridized carbons (Fsp3) is 0.120. The standard InChI is InChI=1S/C25H20N2O5S2/c28-24-23(34-25(33)26(24)17-18-6-2-1-3-7-18)16-19-8-4-5-9-22(19)32-15-14-31-21-12-10-20(11-13-21)27(29)30/h1-13,16H,14-15,17H2. The number of nitrogens with zero attached hydrogens (tertiary/aromatic N) is 2. The number of non-ortho nitro benzene ring substituents is 1.